The van der Waals surface area contributed by atoms with Crippen LogP contribution in [0.5, 0.6) is 0 Å². The van der Waals surface area contributed by atoms with Gasteiger partial charge in [0.2, 0.25) is 5.69 Å². The van der Waals surface area contributed by atoms with Crippen molar-refractivity contribution in [2.75, 3.05) is 5.32 Å². The third-order valence-corrected chi connectivity index (χ3v) is 2.99. The summed E-state index contributed by atoms with van der Waals surface area (Å²) in [6.45, 7) is 6.93. The number of rotatable bonds is 3. The lowest BCUT2D eigenvalue weighted by atomic mass is 10.2. The molecule has 0 aliphatic carbocycles. The topological polar surface area (TPSA) is 59.5 Å². The Morgan fingerprint density at radius 1 is 1.44 bits per heavy atom. The van der Waals surface area contributed by atoms with Crippen LogP contribution < -0.4 is 5.32 Å². The first-order chi connectivity index (χ1) is 8.61. The van der Waals surface area contributed by atoms with Crippen molar-refractivity contribution in [1.82, 2.24) is 0 Å². The van der Waals surface area contributed by atoms with E-state index in [0.29, 0.717) is 10.7 Å². The van der Waals surface area contributed by atoms with Gasteiger partial charge in [0.05, 0.1) is 16.5 Å². The van der Waals surface area contributed by atoms with E-state index < -0.39 is 10.7 Å². The second kappa shape index (κ2) is 4.81. The fourth-order valence-corrected chi connectivity index (χ4v) is 2.11. The average molecular weight is 263 g/mol. The number of nitrogens with one attached hydrogen (secondary N) is 1. The van der Waals surface area contributed by atoms with E-state index in [1.165, 1.54) is 11.3 Å². The molecule has 1 aromatic carbocycles. The summed E-state index contributed by atoms with van der Waals surface area (Å²) in [7, 11) is 0. The van der Waals surface area contributed by atoms with Gasteiger partial charge >= 0.3 is 0 Å². The van der Waals surface area contributed by atoms with Gasteiger partial charge in [-0.1, -0.05) is 0 Å². The molecule has 2 aromatic rings. The summed E-state index contributed by atoms with van der Waals surface area (Å²) in [4.78, 5) is 13.5. The fourth-order valence-electron chi connectivity index (χ4n) is 1.37. The normalized spacial score (nSPS) is 9.78. The first-order valence-electron chi connectivity index (χ1n) is 4.77. The Morgan fingerprint density at radius 2 is 2.22 bits per heavy atom. The van der Waals surface area contributed by atoms with Gasteiger partial charge in [-0.05, 0) is 17.5 Å². The van der Waals surface area contributed by atoms with Gasteiger partial charge in [-0.3, -0.25) is 10.1 Å². The highest BCUT2D eigenvalue weighted by molar-refractivity contribution is 7.15. The smallest absolute Gasteiger partial charge is 0.292 e. The highest BCUT2D eigenvalue weighted by Crippen LogP contribution is 2.36. The zero-order valence-corrected chi connectivity index (χ0v) is 9.70. The van der Waals surface area contributed by atoms with Crippen molar-refractivity contribution >= 4 is 33.4 Å². The molecule has 5 nitrogen and oxygen atoms in total. The van der Waals surface area contributed by atoms with Gasteiger partial charge in [-0.2, -0.15) is 0 Å². The van der Waals surface area contributed by atoms with E-state index in [1.54, 1.807) is 11.4 Å². The van der Waals surface area contributed by atoms with Gasteiger partial charge in [0.1, 0.15) is 11.5 Å². The maximum Gasteiger partial charge on any atom is 0.292 e. The second-order valence-electron chi connectivity index (χ2n) is 3.29. The Kier molecular flexibility index (Phi) is 3.21. The number of hydrogen-bond donors (Lipinski definition) is 1. The minimum absolute atomic E-state index is 0.0346. The SMILES string of the molecule is [C-]#[N+]c1ccsc1Nc1cc(F)ccc1[N+](=O)[O-]. The molecule has 7 heteroatoms. The van der Waals surface area contributed by atoms with Crippen molar-refractivity contribution in [3.63, 3.8) is 0 Å². The van der Waals surface area contributed by atoms with Gasteiger partial charge in [-0.25, -0.2) is 9.24 Å². The summed E-state index contributed by atoms with van der Waals surface area (Å²) < 4.78 is 13.1. The van der Waals surface area contributed by atoms with E-state index in [-0.39, 0.29) is 11.4 Å². The summed E-state index contributed by atoms with van der Waals surface area (Å²) in [5.41, 5.74) is 0.145. The van der Waals surface area contributed by atoms with Gasteiger partial charge in [0, 0.05) is 12.1 Å². The summed E-state index contributed by atoms with van der Waals surface area (Å²) in [5, 5.41) is 15.7. The Balaban J connectivity index is 2.43. The van der Waals surface area contributed by atoms with Crippen LogP contribution in [0.2, 0.25) is 0 Å². The standard InChI is InChI=1S/C11H6FN3O2S/c1-13-8-4-5-18-11(8)14-9-6-7(12)2-3-10(9)15(16)17/h2-6,14H. The zero-order chi connectivity index (χ0) is 13.1. The molecule has 0 saturated heterocycles. The van der Waals surface area contributed by atoms with Crippen molar-refractivity contribution in [2.45, 2.75) is 0 Å². The Labute approximate surface area is 105 Å². The molecule has 18 heavy (non-hydrogen) atoms. The molecule has 0 amide bonds. The first kappa shape index (κ1) is 12.0. The van der Waals surface area contributed by atoms with Gasteiger partial charge in [0.15, 0.2) is 0 Å². The molecule has 0 radical (unpaired) electrons. The molecule has 0 saturated carbocycles. The molecule has 0 bridgehead atoms. The number of hydrogen-bond acceptors (Lipinski definition) is 4. The first-order valence-corrected chi connectivity index (χ1v) is 5.65. The maximum absolute atomic E-state index is 13.1. The van der Waals surface area contributed by atoms with Crippen LogP contribution in [0.4, 0.5) is 26.5 Å². The molecule has 2 rings (SSSR count). The molecule has 0 atom stereocenters. The maximum atomic E-state index is 13.1. The number of nitro benzene ring substituents is 1. The second-order valence-corrected chi connectivity index (χ2v) is 4.21. The lowest BCUT2D eigenvalue weighted by Gasteiger charge is -2.05. The molecule has 0 aliphatic heterocycles. The number of halogens is 1. The highest BCUT2D eigenvalue weighted by Gasteiger charge is 2.16. The molecule has 0 fully saturated rings. The third-order valence-electron chi connectivity index (χ3n) is 2.17. The van der Waals surface area contributed by atoms with Crippen LogP contribution >= 0.6 is 11.3 Å². The van der Waals surface area contributed by atoms with Crippen LogP contribution in [-0.4, -0.2) is 4.92 Å². The van der Waals surface area contributed by atoms with E-state index in [2.05, 4.69) is 10.2 Å². The lowest BCUT2D eigenvalue weighted by molar-refractivity contribution is -0.384. The summed E-state index contributed by atoms with van der Waals surface area (Å²) >= 11 is 1.23. The number of benzene rings is 1. The number of thiophene rings is 1. The van der Waals surface area contributed by atoms with Crippen molar-refractivity contribution in [3.8, 4) is 0 Å². The van der Waals surface area contributed by atoms with Crippen LogP contribution in [0.3, 0.4) is 0 Å². The van der Waals surface area contributed by atoms with Gasteiger partial charge in [0.25, 0.3) is 5.69 Å². The summed E-state index contributed by atoms with van der Waals surface area (Å²) in [5.74, 6) is -0.580. The molecular weight excluding hydrogens is 257 g/mol. The van der Waals surface area contributed by atoms with Crippen molar-refractivity contribution in [3.05, 3.63) is 57.0 Å². The van der Waals surface area contributed by atoms with Crippen LogP contribution in [0.1, 0.15) is 0 Å². The zero-order valence-electron chi connectivity index (χ0n) is 8.88. The number of nitrogens with zero attached hydrogens (tertiary/aromatic N) is 2. The molecule has 0 aliphatic rings. The molecule has 0 spiro atoms. The number of anilines is 2. The monoisotopic (exact) mass is 263 g/mol. The van der Waals surface area contributed by atoms with Crippen molar-refractivity contribution in [2.24, 2.45) is 0 Å². The van der Waals surface area contributed by atoms with Gasteiger partial charge < -0.3 is 5.32 Å². The Bertz CT molecular complexity index is 648. The molecule has 1 N–H and O–H groups in total. The van der Waals surface area contributed by atoms with Crippen LogP contribution in [-0.2, 0) is 0 Å². The Hall–Kier alpha value is -2.46. The molecule has 1 heterocycles. The van der Waals surface area contributed by atoms with Crippen LogP contribution in [0.25, 0.3) is 4.85 Å². The Morgan fingerprint density at radius 3 is 2.89 bits per heavy atom. The quantitative estimate of drug-likeness (QED) is 0.515. The van der Waals surface area contributed by atoms with Crippen LogP contribution in [0.15, 0.2) is 29.6 Å². The molecular formula is C11H6FN3O2S. The lowest BCUT2D eigenvalue weighted by Crippen LogP contribution is -1.96. The molecule has 90 valence electrons. The fraction of sp³-hybridized carbons (Fsp3) is 0. The minimum atomic E-state index is -0.604. The van der Waals surface area contributed by atoms with E-state index >= 15 is 0 Å². The average Bonchev–Trinajstić information content (AvgIpc) is 2.76. The van der Waals surface area contributed by atoms with Gasteiger partial charge in [-0.15, -0.1) is 11.3 Å². The molecule has 1 aromatic heterocycles. The van der Waals surface area contributed by atoms with E-state index in [1.807, 2.05) is 0 Å². The summed E-state index contributed by atoms with van der Waals surface area (Å²) in [6.07, 6.45) is 0. The predicted molar refractivity (Wildman–Crippen MR) is 66.9 cm³/mol. The summed E-state index contributed by atoms with van der Waals surface area (Å²) in [6, 6.07) is 4.73. The van der Waals surface area contributed by atoms with Crippen LogP contribution in [0, 0.1) is 22.5 Å². The van der Waals surface area contributed by atoms with Crippen molar-refractivity contribution in [1.29, 1.82) is 0 Å². The highest BCUT2D eigenvalue weighted by atomic mass is 32.1. The minimum Gasteiger partial charge on any atom is -0.350 e. The number of nitro groups is 1. The van der Waals surface area contributed by atoms with E-state index in [9.17, 15) is 14.5 Å². The van der Waals surface area contributed by atoms with E-state index in [0.717, 1.165) is 18.2 Å². The predicted octanol–water partition coefficient (Wildman–Crippen LogP) is 4.09. The largest absolute Gasteiger partial charge is 0.350 e. The third kappa shape index (κ3) is 2.28. The molecule has 0 unspecified atom stereocenters. The van der Waals surface area contributed by atoms with Crippen molar-refractivity contribution < 1.29 is 9.31 Å². The van der Waals surface area contributed by atoms with E-state index in [4.69, 9.17) is 6.57 Å².